The van der Waals surface area contributed by atoms with Crippen LogP contribution in [0.2, 0.25) is 0 Å². The van der Waals surface area contributed by atoms with Crippen LogP contribution in [-0.4, -0.2) is 60.6 Å². The van der Waals surface area contributed by atoms with Gasteiger partial charge in [0.1, 0.15) is 12.4 Å². The molecule has 0 aliphatic carbocycles. The number of H-pyrrole nitrogens is 1. The number of carbonyl (C=O) groups excluding carboxylic acids is 2. The summed E-state index contributed by atoms with van der Waals surface area (Å²) in [6.45, 7) is 4.95. The summed E-state index contributed by atoms with van der Waals surface area (Å²) in [7, 11) is 3.15. The molecule has 0 unspecified atom stereocenters. The van der Waals surface area contributed by atoms with Crippen molar-refractivity contribution in [1.82, 2.24) is 14.8 Å². The van der Waals surface area contributed by atoms with E-state index in [0.717, 1.165) is 22.0 Å². The molecule has 8 nitrogen and oxygen atoms in total. The smallest absolute Gasteiger partial charge is 0.322 e. The van der Waals surface area contributed by atoms with Crippen LogP contribution in [0.5, 0.6) is 11.5 Å². The van der Waals surface area contributed by atoms with Crippen molar-refractivity contribution in [1.29, 1.82) is 0 Å². The molecule has 1 aromatic heterocycles. The molecule has 0 bridgehead atoms. The number of rotatable bonds is 12. The zero-order valence-electron chi connectivity index (χ0n) is 23.9. The molecule has 0 aliphatic rings. The standard InChI is InChI=1S/C32H37FN4O4/c1-22(2)19-37(32(39)35-26-9-7-8-25(33)17-26)21-31(38)36(20-23-12-13-29(40-3)30(16-23)41-4)15-14-24-18-34-28-11-6-5-10-27(24)28/h5-13,16-18,22,34H,14-15,19-21H2,1-4H3,(H,35,39). The van der Waals surface area contributed by atoms with E-state index in [2.05, 4.69) is 16.4 Å². The van der Waals surface area contributed by atoms with E-state index in [0.29, 0.717) is 43.2 Å². The van der Waals surface area contributed by atoms with Crippen LogP contribution in [-0.2, 0) is 17.8 Å². The van der Waals surface area contributed by atoms with E-state index in [9.17, 15) is 14.0 Å². The van der Waals surface area contributed by atoms with Crippen molar-refractivity contribution in [3.05, 3.63) is 89.9 Å². The summed E-state index contributed by atoms with van der Waals surface area (Å²) < 4.78 is 24.5. The zero-order valence-corrected chi connectivity index (χ0v) is 23.9. The molecule has 4 aromatic rings. The van der Waals surface area contributed by atoms with Crippen LogP contribution in [0.4, 0.5) is 14.9 Å². The van der Waals surface area contributed by atoms with E-state index >= 15 is 0 Å². The fraction of sp³-hybridized carbons (Fsp3) is 0.312. The lowest BCUT2D eigenvalue weighted by Gasteiger charge is -2.29. The fourth-order valence-corrected chi connectivity index (χ4v) is 4.78. The Morgan fingerprint density at radius 2 is 1.73 bits per heavy atom. The van der Waals surface area contributed by atoms with Gasteiger partial charge in [0.25, 0.3) is 0 Å². The van der Waals surface area contributed by atoms with E-state index in [4.69, 9.17) is 9.47 Å². The molecular formula is C32H37FN4O4. The molecule has 0 fully saturated rings. The third-order valence-corrected chi connectivity index (χ3v) is 6.77. The highest BCUT2D eigenvalue weighted by Crippen LogP contribution is 2.28. The predicted octanol–water partition coefficient (Wildman–Crippen LogP) is 6.09. The average molecular weight is 561 g/mol. The number of ether oxygens (including phenoxy) is 2. The summed E-state index contributed by atoms with van der Waals surface area (Å²) in [6.07, 6.45) is 2.60. The molecular weight excluding hydrogens is 523 g/mol. The molecule has 3 amide bonds. The maximum absolute atomic E-state index is 13.8. The summed E-state index contributed by atoms with van der Waals surface area (Å²) in [5.74, 6) is 0.642. The van der Waals surface area contributed by atoms with Crippen molar-refractivity contribution in [2.45, 2.75) is 26.8 Å². The highest BCUT2D eigenvalue weighted by molar-refractivity contribution is 5.92. The van der Waals surface area contributed by atoms with Gasteiger partial charge in [-0.1, -0.05) is 44.2 Å². The Morgan fingerprint density at radius 1 is 0.951 bits per heavy atom. The minimum absolute atomic E-state index is 0.117. The molecule has 216 valence electrons. The van der Waals surface area contributed by atoms with Crippen molar-refractivity contribution in [2.75, 3.05) is 39.2 Å². The highest BCUT2D eigenvalue weighted by atomic mass is 19.1. The van der Waals surface area contributed by atoms with Gasteiger partial charge in [0, 0.05) is 42.4 Å². The number of urea groups is 1. The van der Waals surface area contributed by atoms with Gasteiger partial charge in [0.05, 0.1) is 14.2 Å². The van der Waals surface area contributed by atoms with Gasteiger partial charge in [-0.15, -0.1) is 0 Å². The molecule has 0 spiro atoms. The van der Waals surface area contributed by atoms with Crippen LogP contribution in [0, 0.1) is 11.7 Å². The second-order valence-corrected chi connectivity index (χ2v) is 10.3. The second kappa shape index (κ2) is 13.7. The normalized spacial score (nSPS) is 11.0. The third kappa shape index (κ3) is 7.78. The Labute approximate surface area is 240 Å². The number of aromatic nitrogens is 1. The minimum Gasteiger partial charge on any atom is -0.493 e. The van der Waals surface area contributed by atoms with Gasteiger partial charge < -0.3 is 29.6 Å². The Bertz CT molecular complexity index is 1490. The number of carbonyl (C=O) groups is 2. The molecule has 9 heteroatoms. The number of amides is 3. The number of fused-ring (bicyclic) bond motifs is 1. The Balaban J connectivity index is 1.56. The van der Waals surface area contributed by atoms with E-state index in [1.54, 1.807) is 25.2 Å². The number of hydrogen-bond donors (Lipinski definition) is 2. The van der Waals surface area contributed by atoms with Gasteiger partial charge in [-0.25, -0.2) is 9.18 Å². The van der Waals surface area contributed by atoms with Gasteiger partial charge in [-0.3, -0.25) is 4.79 Å². The SMILES string of the molecule is COc1ccc(CN(CCc2c[nH]c3ccccc23)C(=O)CN(CC(C)C)C(=O)Nc2cccc(F)c2)cc1OC. The maximum Gasteiger partial charge on any atom is 0.322 e. The Kier molecular flexibility index (Phi) is 9.84. The van der Waals surface area contributed by atoms with Crippen LogP contribution < -0.4 is 14.8 Å². The number of benzene rings is 3. The highest BCUT2D eigenvalue weighted by Gasteiger charge is 2.23. The quantitative estimate of drug-likeness (QED) is 0.220. The number of methoxy groups -OCH3 is 2. The molecule has 3 aromatic carbocycles. The lowest BCUT2D eigenvalue weighted by molar-refractivity contribution is -0.132. The number of anilines is 1. The Hall–Kier alpha value is -4.53. The van der Waals surface area contributed by atoms with Gasteiger partial charge in [0.2, 0.25) is 5.91 Å². The van der Waals surface area contributed by atoms with Crippen molar-refractivity contribution in [2.24, 2.45) is 5.92 Å². The molecule has 0 aliphatic heterocycles. The second-order valence-electron chi connectivity index (χ2n) is 10.3. The molecule has 1 heterocycles. The van der Waals surface area contributed by atoms with Crippen LogP contribution in [0.1, 0.15) is 25.0 Å². The summed E-state index contributed by atoms with van der Waals surface area (Å²) in [5.41, 5.74) is 3.35. The summed E-state index contributed by atoms with van der Waals surface area (Å²) in [4.78, 5) is 33.6. The number of nitrogens with zero attached hydrogens (tertiary/aromatic N) is 2. The van der Waals surface area contributed by atoms with Gasteiger partial charge in [-0.05, 0) is 59.9 Å². The minimum atomic E-state index is -0.458. The molecule has 0 radical (unpaired) electrons. The maximum atomic E-state index is 13.8. The lowest BCUT2D eigenvalue weighted by Crippen LogP contribution is -2.46. The number of hydrogen-bond acceptors (Lipinski definition) is 4. The average Bonchev–Trinajstić information content (AvgIpc) is 3.37. The van der Waals surface area contributed by atoms with Crippen LogP contribution in [0.25, 0.3) is 10.9 Å². The Morgan fingerprint density at radius 3 is 2.46 bits per heavy atom. The number of nitrogens with one attached hydrogen (secondary N) is 2. The largest absolute Gasteiger partial charge is 0.493 e. The van der Waals surface area contributed by atoms with E-state index < -0.39 is 11.8 Å². The molecule has 41 heavy (non-hydrogen) atoms. The van der Waals surface area contributed by atoms with Gasteiger partial charge >= 0.3 is 6.03 Å². The zero-order chi connectivity index (χ0) is 29.4. The number of para-hydroxylation sites is 1. The first-order valence-electron chi connectivity index (χ1n) is 13.6. The topological polar surface area (TPSA) is 86.9 Å². The lowest BCUT2D eigenvalue weighted by atomic mass is 10.1. The summed E-state index contributed by atoms with van der Waals surface area (Å²) >= 11 is 0. The van der Waals surface area contributed by atoms with Gasteiger partial charge in [0.15, 0.2) is 11.5 Å². The fourth-order valence-electron chi connectivity index (χ4n) is 4.78. The molecule has 2 N–H and O–H groups in total. The van der Waals surface area contributed by atoms with Gasteiger partial charge in [-0.2, -0.15) is 0 Å². The first-order valence-corrected chi connectivity index (χ1v) is 13.6. The van der Waals surface area contributed by atoms with E-state index in [1.165, 1.54) is 23.1 Å². The third-order valence-electron chi connectivity index (χ3n) is 6.77. The molecule has 0 saturated heterocycles. The first kappa shape index (κ1) is 29.5. The monoisotopic (exact) mass is 560 g/mol. The molecule has 0 atom stereocenters. The number of halogens is 1. The van der Waals surface area contributed by atoms with Crippen molar-refractivity contribution < 1.29 is 23.5 Å². The first-order chi connectivity index (χ1) is 19.8. The van der Waals surface area contributed by atoms with E-state index in [1.807, 2.05) is 56.4 Å². The van der Waals surface area contributed by atoms with Crippen LogP contribution in [0.3, 0.4) is 0 Å². The summed E-state index contributed by atoms with van der Waals surface area (Å²) in [5, 5.41) is 3.84. The predicted molar refractivity (Wildman–Crippen MR) is 159 cm³/mol. The van der Waals surface area contributed by atoms with Crippen molar-refractivity contribution in [3.8, 4) is 11.5 Å². The van der Waals surface area contributed by atoms with Crippen LogP contribution in [0.15, 0.2) is 72.9 Å². The van der Waals surface area contributed by atoms with Crippen LogP contribution >= 0.6 is 0 Å². The molecule has 0 saturated carbocycles. The number of aromatic amines is 1. The molecule has 4 rings (SSSR count). The van der Waals surface area contributed by atoms with Crippen molar-refractivity contribution in [3.63, 3.8) is 0 Å². The van der Waals surface area contributed by atoms with Crippen molar-refractivity contribution >= 4 is 28.5 Å². The van der Waals surface area contributed by atoms with E-state index in [-0.39, 0.29) is 18.4 Å². The summed E-state index contributed by atoms with van der Waals surface area (Å²) in [6, 6.07) is 18.9.